The van der Waals surface area contributed by atoms with Crippen molar-refractivity contribution in [2.75, 3.05) is 6.61 Å². The molecule has 2 heteroatoms. The SMILES string of the molecule is CCCCCCCCCCCC(=O)OC/C=C(\C)CCC[C@H](C)CCC[C@H](C)CCCC(C)C. The maximum absolute atomic E-state index is 11.9. The van der Waals surface area contributed by atoms with Crippen LogP contribution in [0.1, 0.15) is 164 Å². The molecule has 0 aliphatic rings. The summed E-state index contributed by atoms with van der Waals surface area (Å²) in [5.74, 6) is 2.53. The van der Waals surface area contributed by atoms with E-state index in [-0.39, 0.29) is 5.97 Å². The molecule has 0 rings (SSSR count). The Morgan fingerprint density at radius 3 is 1.71 bits per heavy atom. The van der Waals surface area contributed by atoms with E-state index in [0.29, 0.717) is 13.0 Å². The summed E-state index contributed by atoms with van der Waals surface area (Å²) in [4.78, 5) is 11.9. The summed E-state index contributed by atoms with van der Waals surface area (Å²) in [7, 11) is 0. The van der Waals surface area contributed by atoms with E-state index < -0.39 is 0 Å². The number of hydrogen-bond donors (Lipinski definition) is 0. The van der Waals surface area contributed by atoms with Crippen molar-refractivity contribution in [3.05, 3.63) is 11.6 Å². The van der Waals surface area contributed by atoms with Crippen LogP contribution in [0.4, 0.5) is 0 Å². The number of esters is 1. The molecule has 202 valence electrons. The third-order valence-corrected chi connectivity index (χ3v) is 7.30. The zero-order valence-corrected chi connectivity index (χ0v) is 24.3. The Labute approximate surface area is 215 Å². The first-order chi connectivity index (χ1) is 16.3. The minimum atomic E-state index is -0.0287. The van der Waals surface area contributed by atoms with Crippen molar-refractivity contribution < 1.29 is 9.53 Å². The first-order valence-corrected chi connectivity index (χ1v) is 15.2. The van der Waals surface area contributed by atoms with E-state index in [1.54, 1.807) is 0 Å². The number of unbranched alkanes of at least 4 members (excludes halogenated alkanes) is 8. The van der Waals surface area contributed by atoms with Crippen LogP contribution < -0.4 is 0 Å². The number of carbonyl (C=O) groups excluding carboxylic acids is 1. The Morgan fingerprint density at radius 1 is 0.647 bits per heavy atom. The predicted octanol–water partition coefficient (Wildman–Crippen LogP) is 10.8. The molecule has 0 saturated carbocycles. The fourth-order valence-electron chi connectivity index (χ4n) is 4.74. The van der Waals surface area contributed by atoms with Gasteiger partial charge in [-0.3, -0.25) is 4.79 Å². The van der Waals surface area contributed by atoms with Gasteiger partial charge in [0.2, 0.25) is 0 Å². The van der Waals surface area contributed by atoms with E-state index in [4.69, 9.17) is 4.74 Å². The van der Waals surface area contributed by atoms with Crippen LogP contribution in [0, 0.1) is 17.8 Å². The Morgan fingerprint density at radius 2 is 1.15 bits per heavy atom. The Bertz CT molecular complexity index is 479. The molecule has 0 spiro atoms. The fourth-order valence-corrected chi connectivity index (χ4v) is 4.74. The second kappa shape index (κ2) is 23.9. The molecule has 0 aromatic rings. The molecular formula is C32H62O2. The summed E-state index contributed by atoms with van der Waals surface area (Å²) < 4.78 is 5.41. The van der Waals surface area contributed by atoms with Crippen molar-refractivity contribution in [1.29, 1.82) is 0 Å². The van der Waals surface area contributed by atoms with E-state index in [2.05, 4.69) is 47.6 Å². The zero-order chi connectivity index (χ0) is 25.4. The van der Waals surface area contributed by atoms with Crippen molar-refractivity contribution in [3.63, 3.8) is 0 Å². The molecule has 0 aromatic heterocycles. The Hall–Kier alpha value is -0.790. The van der Waals surface area contributed by atoms with Gasteiger partial charge < -0.3 is 4.74 Å². The second-order valence-electron chi connectivity index (χ2n) is 11.7. The number of carbonyl (C=O) groups is 1. The van der Waals surface area contributed by atoms with Crippen LogP contribution in [0.5, 0.6) is 0 Å². The highest BCUT2D eigenvalue weighted by Gasteiger charge is 2.07. The van der Waals surface area contributed by atoms with Gasteiger partial charge in [0, 0.05) is 6.42 Å². The zero-order valence-electron chi connectivity index (χ0n) is 24.3. The van der Waals surface area contributed by atoms with Crippen molar-refractivity contribution in [1.82, 2.24) is 0 Å². The molecule has 0 aliphatic heterocycles. The minimum absolute atomic E-state index is 0.0287. The summed E-state index contributed by atoms with van der Waals surface area (Å²) in [5, 5.41) is 0. The van der Waals surface area contributed by atoms with Crippen LogP contribution >= 0.6 is 0 Å². The second-order valence-corrected chi connectivity index (χ2v) is 11.7. The normalized spacial score (nSPS) is 13.9. The fraction of sp³-hybridized carbons (Fsp3) is 0.906. The average Bonchev–Trinajstić information content (AvgIpc) is 2.77. The average molecular weight is 479 g/mol. The third-order valence-electron chi connectivity index (χ3n) is 7.30. The van der Waals surface area contributed by atoms with Crippen molar-refractivity contribution in [3.8, 4) is 0 Å². The summed E-state index contributed by atoms with van der Waals surface area (Å²) in [6, 6.07) is 0. The molecule has 2 atom stereocenters. The molecule has 0 heterocycles. The molecular weight excluding hydrogens is 416 g/mol. The van der Waals surface area contributed by atoms with Crippen LogP contribution in [-0.4, -0.2) is 12.6 Å². The standard InChI is InChI=1S/C32H62O2/c1-7-8-9-10-11-12-13-14-15-25-32(33)34-27-26-31(6)24-18-23-30(5)22-17-21-29(4)20-16-19-28(2)3/h26,28-30H,7-25,27H2,1-6H3/b31-26+/t29-,30-/m1/s1. The van der Waals surface area contributed by atoms with E-state index in [1.165, 1.54) is 102 Å². The molecule has 0 saturated heterocycles. The molecule has 0 amide bonds. The van der Waals surface area contributed by atoms with Gasteiger partial charge in [0.1, 0.15) is 6.61 Å². The van der Waals surface area contributed by atoms with Gasteiger partial charge in [-0.15, -0.1) is 0 Å². The first-order valence-electron chi connectivity index (χ1n) is 15.2. The van der Waals surface area contributed by atoms with E-state index in [9.17, 15) is 4.79 Å². The lowest BCUT2D eigenvalue weighted by Crippen LogP contribution is -2.04. The topological polar surface area (TPSA) is 26.3 Å². The minimum Gasteiger partial charge on any atom is -0.461 e. The molecule has 0 fully saturated rings. The highest BCUT2D eigenvalue weighted by atomic mass is 16.5. The van der Waals surface area contributed by atoms with Crippen molar-refractivity contribution >= 4 is 5.97 Å². The lowest BCUT2D eigenvalue weighted by atomic mass is 9.91. The molecule has 2 nitrogen and oxygen atoms in total. The lowest BCUT2D eigenvalue weighted by molar-refractivity contribution is -0.142. The van der Waals surface area contributed by atoms with Crippen molar-refractivity contribution in [2.24, 2.45) is 17.8 Å². The van der Waals surface area contributed by atoms with Gasteiger partial charge in [-0.25, -0.2) is 0 Å². The van der Waals surface area contributed by atoms with E-state index in [1.807, 2.05) is 0 Å². The number of rotatable bonds is 24. The highest BCUT2D eigenvalue weighted by Crippen LogP contribution is 2.22. The smallest absolute Gasteiger partial charge is 0.306 e. The van der Waals surface area contributed by atoms with Gasteiger partial charge in [0.25, 0.3) is 0 Å². The molecule has 0 radical (unpaired) electrons. The van der Waals surface area contributed by atoms with Crippen molar-refractivity contribution in [2.45, 2.75) is 164 Å². The quantitative estimate of drug-likeness (QED) is 0.0783. The molecule has 0 aromatic carbocycles. The van der Waals surface area contributed by atoms with Gasteiger partial charge in [-0.1, -0.05) is 137 Å². The summed E-state index contributed by atoms with van der Waals surface area (Å²) in [5.41, 5.74) is 1.36. The summed E-state index contributed by atoms with van der Waals surface area (Å²) in [6.45, 7) is 14.4. The molecule has 0 unspecified atom stereocenters. The lowest BCUT2D eigenvalue weighted by Gasteiger charge is -2.15. The number of allylic oxidation sites excluding steroid dienone is 1. The highest BCUT2D eigenvalue weighted by molar-refractivity contribution is 5.69. The molecule has 0 N–H and O–H groups in total. The van der Waals surface area contributed by atoms with Crippen LogP contribution in [-0.2, 0) is 9.53 Å². The monoisotopic (exact) mass is 478 g/mol. The van der Waals surface area contributed by atoms with Crippen LogP contribution in [0.3, 0.4) is 0 Å². The third kappa shape index (κ3) is 24.3. The molecule has 34 heavy (non-hydrogen) atoms. The molecule has 0 bridgehead atoms. The summed E-state index contributed by atoms with van der Waals surface area (Å²) >= 11 is 0. The largest absolute Gasteiger partial charge is 0.461 e. The van der Waals surface area contributed by atoms with Crippen LogP contribution in [0.25, 0.3) is 0 Å². The van der Waals surface area contributed by atoms with Gasteiger partial charge in [0.15, 0.2) is 0 Å². The molecule has 0 aliphatic carbocycles. The van der Waals surface area contributed by atoms with Crippen LogP contribution in [0.15, 0.2) is 11.6 Å². The van der Waals surface area contributed by atoms with E-state index >= 15 is 0 Å². The van der Waals surface area contributed by atoms with E-state index in [0.717, 1.165) is 37.0 Å². The maximum atomic E-state index is 11.9. The Kier molecular flexibility index (Phi) is 23.4. The maximum Gasteiger partial charge on any atom is 0.306 e. The number of hydrogen-bond acceptors (Lipinski definition) is 2. The van der Waals surface area contributed by atoms with Gasteiger partial charge in [-0.05, 0) is 50.0 Å². The summed E-state index contributed by atoms with van der Waals surface area (Å²) in [6.07, 6.45) is 26.2. The Balaban J connectivity index is 3.62. The van der Waals surface area contributed by atoms with Gasteiger partial charge in [0.05, 0.1) is 0 Å². The predicted molar refractivity (Wildman–Crippen MR) is 151 cm³/mol. The van der Waals surface area contributed by atoms with Crippen LogP contribution in [0.2, 0.25) is 0 Å². The van der Waals surface area contributed by atoms with Gasteiger partial charge in [-0.2, -0.15) is 0 Å². The first kappa shape index (κ1) is 33.2. The van der Waals surface area contributed by atoms with Gasteiger partial charge >= 0.3 is 5.97 Å². The number of ether oxygens (including phenoxy) is 1.